The van der Waals surface area contributed by atoms with Crippen molar-refractivity contribution in [2.75, 3.05) is 6.73 Å². The highest BCUT2D eigenvalue weighted by Crippen LogP contribution is 2.44. The van der Waals surface area contributed by atoms with Crippen LogP contribution in [0.5, 0.6) is 0 Å². The summed E-state index contributed by atoms with van der Waals surface area (Å²) in [6.45, 7) is 6.19. The number of carbonyl (C=O) groups excluding carboxylic acids is 2. The summed E-state index contributed by atoms with van der Waals surface area (Å²) in [7, 11) is 0. The van der Waals surface area contributed by atoms with Gasteiger partial charge < -0.3 is 13.9 Å². The van der Waals surface area contributed by atoms with Gasteiger partial charge >= 0.3 is 0 Å². The van der Waals surface area contributed by atoms with Crippen LogP contribution in [0.3, 0.4) is 0 Å². The van der Waals surface area contributed by atoms with Crippen LogP contribution in [0, 0.1) is 13.8 Å². The Labute approximate surface area is 252 Å². The molecule has 4 bridgehead atoms. The van der Waals surface area contributed by atoms with Crippen LogP contribution < -0.4 is 0 Å². The fourth-order valence-corrected chi connectivity index (χ4v) is 7.13. The topological polar surface area (TPSA) is 56.5 Å². The molecule has 7 rings (SSSR count). The molecule has 43 heavy (non-hydrogen) atoms. The Balaban J connectivity index is 1.45. The minimum Gasteiger partial charge on any atom is -0.356 e. The summed E-state index contributed by atoms with van der Waals surface area (Å²) in [5.41, 5.74) is 7.95. The summed E-state index contributed by atoms with van der Waals surface area (Å²) in [5, 5.41) is 2.02. The second kappa shape index (κ2) is 11.3. The fourth-order valence-electron chi connectivity index (χ4n) is 7.13. The number of ether oxygens (including phenoxy) is 1. The number of hydrogen-bond donors (Lipinski definition) is 0. The number of nitrogens with zero attached hydrogens (tertiary/aromatic N) is 3. The molecule has 0 N–H and O–H groups in total. The fraction of sp³-hybridized carbons (Fsp3) is 0.297. The highest BCUT2D eigenvalue weighted by molar-refractivity contribution is 6.51. The van der Waals surface area contributed by atoms with Crippen molar-refractivity contribution >= 4 is 44.8 Å². The zero-order valence-corrected chi connectivity index (χ0v) is 24.9. The van der Waals surface area contributed by atoms with Crippen LogP contribution in [0.25, 0.3) is 33.0 Å². The summed E-state index contributed by atoms with van der Waals surface area (Å²) < 4.78 is 10.7. The molecule has 2 aromatic heterocycles. The highest BCUT2D eigenvalue weighted by Gasteiger charge is 2.43. The van der Waals surface area contributed by atoms with Crippen molar-refractivity contribution in [3.8, 4) is 0 Å². The van der Waals surface area contributed by atoms with Crippen molar-refractivity contribution in [2.45, 2.75) is 65.6 Å². The first-order chi connectivity index (χ1) is 21.1. The van der Waals surface area contributed by atoms with Crippen LogP contribution in [0.2, 0.25) is 0 Å². The Hall–Kier alpha value is -4.42. The van der Waals surface area contributed by atoms with Gasteiger partial charge in [-0.25, -0.2) is 4.90 Å². The Morgan fingerprint density at radius 2 is 1.07 bits per heavy atom. The van der Waals surface area contributed by atoms with Crippen molar-refractivity contribution in [1.82, 2.24) is 14.0 Å². The quantitative estimate of drug-likeness (QED) is 0.208. The molecule has 0 radical (unpaired) electrons. The van der Waals surface area contributed by atoms with Gasteiger partial charge in [-0.2, -0.15) is 0 Å². The number of fused-ring (bicyclic) bond motifs is 12. The van der Waals surface area contributed by atoms with Crippen molar-refractivity contribution in [3.63, 3.8) is 0 Å². The van der Waals surface area contributed by atoms with Crippen molar-refractivity contribution < 1.29 is 14.3 Å². The largest absolute Gasteiger partial charge is 0.356 e. The summed E-state index contributed by atoms with van der Waals surface area (Å²) in [6.07, 6.45) is 5.67. The first-order valence-corrected chi connectivity index (χ1v) is 15.4. The van der Waals surface area contributed by atoms with E-state index in [-0.39, 0.29) is 18.5 Å². The highest BCUT2D eigenvalue weighted by atomic mass is 16.5. The molecule has 2 aliphatic heterocycles. The van der Waals surface area contributed by atoms with Crippen LogP contribution >= 0.6 is 0 Å². The average molecular weight is 572 g/mol. The Kier molecular flexibility index (Phi) is 7.23. The monoisotopic (exact) mass is 571 g/mol. The van der Waals surface area contributed by atoms with E-state index in [1.807, 2.05) is 42.5 Å². The molecule has 3 aromatic carbocycles. The summed E-state index contributed by atoms with van der Waals surface area (Å²) in [6, 6.07) is 26.4. The molecule has 0 unspecified atom stereocenters. The minimum absolute atomic E-state index is 0.102. The Morgan fingerprint density at radius 1 is 0.605 bits per heavy atom. The normalized spacial score (nSPS) is 16.2. The Morgan fingerprint density at radius 3 is 1.60 bits per heavy atom. The summed E-state index contributed by atoms with van der Waals surface area (Å²) in [4.78, 5) is 30.3. The molecule has 0 fully saturated rings. The molecule has 0 aliphatic carbocycles. The van der Waals surface area contributed by atoms with E-state index in [1.54, 1.807) is 0 Å². The first-order valence-electron chi connectivity index (χ1n) is 15.4. The lowest BCUT2D eigenvalue weighted by Gasteiger charge is -2.16. The standard InChI is InChI=1S/C37H37N3O3/c1-25-32-28-17-9-11-19-30(28)38(25)21-13-4-3-5-14-22-39-26(2)33(29-18-10-12-20-31(29)39)35-34(32)36(41)40(37(35)42)24-43-23-27-15-7-6-8-16-27/h6-12,15-20H,3-5,13-14,21-24H2,1-2H3. The average Bonchev–Trinajstić information content (AvgIpc) is 3.55. The van der Waals surface area contributed by atoms with Gasteiger partial charge in [0.1, 0.15) is 6.73 Å². The third kappa shape index (κ3) is 4.61. The first kappa shape index (κ1) is 27.4. The van der Waals surface area contributed by atoms with E-state index < -0.39 is 0 Å². The molecule has 2 aliphatic rings. The maximum absolute atomic E-state index is 14.5. The molecule has 0 saturated carbocycles. The van der Waals surface area contributed by atoms with Crippen molar-refractivity contribution in [1.29, 1.82) is 0 Å². The van der Waals surface area contributed by atoms with E-state index in [1.165, 1.54) is 11.3 Å². The molecule has 5 aromatic rings. The lowest BCUT2D eigenvalue weighted by atomic mass is 9.93. The van der Waals surface area contributed by atoms with Gasteiger partial charge in [-0.3, -0.25) is 9.59 Å². The maximum atomic E-state index is 14.5. The molecule has 0 saturated heterocycles. The lowest BCUT2D eigenvalue weighted by Crippen LogP contribution is -2.33. The molecule has 6 nitrogen and oxygen atoms in total. The van der Waals surface area contributed by atoms with Gasteiger partial charge in [-0.1, -0.05) is 86.0 Å². The van der Waals surface area contributed by atoms with E-state index in [4.69, 9.17) is 4.74 Å². The number of amides is 2. The predicted octanol–water partition coefficient (Wildman–Crippen LogP) is 7.63. The second-order valence-electron chi connectivity index (χ2n) is 11.8. The SMILES string of the molecule is Cc1c2c3ccccc3n1CCCCCCCn1c(C)c(c3ccccc31)C1=C2C(=O)N(COCc2ccccc2)C1=O. The number of para-hydroxylation sites is 2. The predicted molar refractivity (Wildman–Crippen MR) is 171 cm³/mol. The number of benzene rings is 3. The van der Waals surface area contributed by atoms with Gasteiger partial charge in [-0.15, -0.1) is 0 Å². The zero-order chi connectivity index (χ0) is 29.5. The smallest absolute Gasteiger partial charge is 0.264 e. The third-order valence-electron chi connectivity index (χ3n) is 9.23. The molecule has 2 amide bonds. The third-order valence-corrected chi connectivity index (χ3v) is 9.23. The van der Waals surface area contributed by atoms with Gasteiger partial charge in [0, 0.05) is 57.4 Å². The summed E-state index contributed by atoms with van der Waals surface area (Å²) >= 11 is 0. The molecule has 218 valence electrons. The van der Waals surface area contributed by atoms with Crippen LogP contribution in [-0.2, 0) is 34.0 Å². The van der Waals surface area contributed by atoms with E-state index >= 15 is 0 Å². The van der Waals surface area contributed by atoms with Gasteiger partial charge in [0.25, 0.3) is 11.8 Å². The van der Waals surface area contributed by atoms with Gasteiger partial charge in [0.05, 0.1) is 17.8 Å². The number of hydrogen-bond acceptors (Lipinski definition) is 3. The molecule has 0 atom stereocenters. The van der Waals surface area contributed by atoms with Crippen LogP contribution in [0.15, 0.2) is 78.9 Å². The van der Waals surface area contributed by atoms with Crippen molar-refractivity contribution in [3.05, 3.63) is 107 Å². The van der Waals surface area contributed by atoms with E-state index in [0.717, 1.165) is 88.7 Å². The van der Waals surface area contributed by atoms with Crippen LogP contribution in [-0.4, -0.2) is 32.6 Å². The molecule has 4 heterocycles. The van der Waals surface area contributed by atoms with Gasteiger partial charge in [0.15, 0.2) is 0 Å². The summed E-state index contributed by atoms with van der Waals surface area (Å²) in [5.74, 6) is -0.584. The molecular formula is C37H37N3O3. The second-order valence-corrected chi connectivity index (χ2v) is 11.8. The molecular weight excluding hydrogens is 534 g/mol. The number of imide groups is 1. The number of carbonyl (C=O) groups is 2. The number of aryl methyl sites for hydroxylation is 2. The molecule has 6 heteroatoms. The van der Waals surface area contributed by atoms with Gasteiger partial charge in [0.2, 0.25) is 0 Å². The van der Waals surface area contributed by atoms with Crippen LogP contribution in [0.1, 0.15) is 60.2 Å². The maximum Gasteiger partial charge on any atom is 0.264 e. The number of aromatic nitrogens is 2. The minimum atomic E-state index is -0.292. The van der Waals surface area contributed by atoms with E-state index in [0.29, 0.717) is 17.8 Å². The van der Waals surface area contributed by atoms with E-state index in [9.17, 15) is 9.59 Å². The number of rotatable bonds is 4. The lowest BCUT2D eigenvalue weighted by molar-refractivity contribution is -0.142. The van der Waals surface area contributed by atoms with Crippen LogP contribution in [0.4, 0.5) is 0 Å². The zero-order valence-electron chi connectivity index (χ0n) is 24.9. The van der Waals surface area contributed by atoms with Crippen molar-refractivity contribution in [2.24, 2.45) is 0 Å². The van der Waals surface area contributed by atoms with E-state index in [2.05, 4.69) is 59.4 Å². The Bertz CT molecular complexity index is 1780. The van der Waals surface area contributed by atoms with Gasteiger partial charge in [-0.05, 0) is 44.4 Å². The molecule has 0 spiro atoms.